The molecule has 1 amide bonds. The van der Waals surface area contributed by atoms with Gasteiger partial charge in [0.05, 0.1) is 28.9 Å². The minimum Gasteiger partial charge on any atom is -0.345 e. The first-order valence-electron chi connectivity index (χ1n) is 7.67. The summed E-state index contributed by atoms with van der Waals surface area (Å²) in [5, 5.41) is 2.73. The molecule has 3 aromatic rings. The molecule has 0 fully saturated rings. The molecule has 1 unspecified atom stereocenters. The van der Waals surface area contributed by atoms with Gasteiger partial charge in [-0.25, -0.2) is 4.98 Å². The quantitative estimate of drug-likeness (QED) is 0.774. The van der Waals surface area contributed by atoms with Gasteiger partial charge in [0.15, 0.2) is 0 Å². The topological polar surface area (TPSA) is 46.4 Å². The molecule has 0 aliphatic rings. The number of hydrogen-bond donors (Lipinski definition) is 1. The van der Waals surface area contributed by atoms with Crippen LogP contribution in [0, 0.1) is 6.92 Å². The summed E-state index contributed by atoms with van der Waals surface area (Å²) in [6.45, 7) is 3.47. The molecular formula is C18H16F3N3O. The van der Waals surface area contributed by atoms with Crippen LogP contribution in [0.3, 0.4) is 0 Å². The molecule has 4 nitrogen and oxygen atoms in total. The Morgan fingerprint density at radius 1 is 1.24 bits per heavy atom. The van der Waals surface area contributed by atoms with Gasteiger partial charge >= 0.3 is 6.18 Å². The summed E-state index contributed by atoms with van der Waals surface area (Å²) in [5.41, 5.74) is 0.928. The Balaban J connectivity index is 1.81. The number of carbonyl (C=O) groups excluding carboxylic acids is 1. The number of amides is 1. The second-order valence-electron chi connectivity index (χ2n) is 5.84. The van der Waals surface area contributed by atoms with Crippen LogP contribution in [0.2, 0.25) is 0 Å². The van der Waals surface area contributed by atoms with Crippen molar-refractivity contribution in [2.75, 3.05) is 0 Å². The summed E-state index contributed by atoms with van der Waals surface area (Å²) in [5.74, 6) is 0.385. The van der Waals surface area contributed by atoms with E-state index in [9.17, 15) is 18.0 Å². The van der Waals surface area contributed by atoms with Gasteiger partial charge in [0.1, 0.15) is 5.82 Å². The van der Waals surface area contributed by atoms with E-state index in [0.717, 1.165) is 23.5 Å². The molecule has 2 heterocycles. The molecule has 0 saturated heterocycles. The van der Waals surface area contributed by atoms with Crippen molar-refractivity contribution in [1.82, 2.24) is 14.7 Å². The average molecular weight is 347 g/mol. The zero-order valence-electron chi connectivity index (χ0n) is 13.6. The highest BCUT2D eigenvalue weighted by Gasteiger charge is 2.30. The van der Waals surface area contributed by atoms with E-state index in [4.69, 9.17) is 0 Å². The Labute approximate surface area is 142 Å². The number of fused-ring (bicyclic) bond motifs is 1. The molecule has 1 atom stereocenters. The maximum absolute atomic E-state index is 12.8. The van der Waals surface area contributed by atoms with Crippen LogP contribution >= 0.6 is 0 Å². The number of rotatable bonds is 3. The van der Waals surface area contributed by atoms with Gasteiger partial charge in [0, 0.05) is 6.20 Å². The van der Waals surface area contributed by atoms with Crippen molar-refractivity contribution in [1.29, 1.82) is 0 Å². The summed E-state index contributed by atoms with van der Waals surface area (Å²) in [7, 11) is 0. The number of aryl methyl sites for hydroxylation is 1. The average Bonchev–Trinajstić information content (AvgIpc) is 2.95. The summed E-state index contributed by atoms with van der Waals surface area (Å²) in [6, 6.07) is 7.82. The number of carbonyl (C=O) groups is 1. The highest BCUT2D eigenvalue weighted by atomic mass is 19.4. The van der Waals surface area contributed by atoms with E-state index in [1.54, 1.807) is 41.9 Å². The van der Waals surface area contributed by atoms with Crippen molar-refractivity contribution >= 4 is 11.4 Å². The van der Waals surface area contributed by atoms with Crippen LogP contribution in [0.15, 0.2) is 48.8 Å². The Morgan fingerprint density at radius 2 is 2.00 bits per heavy atom. The highest BCUT2D eigenvalue weighted by Crippen LogP contribution is 2.30. The lowest BCUT2D eigenvalue weighted by Crippen LogP contribution is -2.27. The van der Waals surface area contributed by atoms with Crippen molar-refractivity contribution in [3.05, 3.63) is 71.3 Å². The second kappa shape index (κ2) is 6.23. The molecule has 0 saturated carbocycles. The Bertz CT molecular complexity index is 931. The van der Waals surface area contributed by atoms with Crippen molar-refractivity contribution in [2.24, 2.45) is 0 Å². The largest absolute Gasteiger partial charge is 0.416 e. The first kappa shape index (κ1) is 17.0. The molecule has 0 aliphatic carbocycles. The van der Waals surface area contributed by atoms with Crippen molar-refractivity contribution in [3.8, 4) is 0 Å². The number of pyridine rings is 1. The van der Waals surface area contributed by atoms with Gasteiger partial charge in [-0.2, -0.15) is 13.2 Å². The zero-order valence-corrected chi connectivity index (χ0v) is 13.6. The normalized spacial score (nSPS) is 13.0. The molecule has 3 rings (SSSR count). The monoisotopic (exact) mass is 347 g/mol. The molecule has 7 heteroatoms. The number of aromatic nitrogens is 2. The second-order valence-corrected chi connectivity index (χ2v) is 5.84. The Morgan fingerprint density at radius 3 is 2.72 bits per heavy atom. The maximum Gasteiger partial charge on any atom is 0.416 e. The lowest BCUT2D eigenvalue weighted by atomic mass is 10.0. The summed E-state index contributed by atoms with van der Waals surface area (Å²) >= 11 is 0. The predicted octanol–water partition coefficient (Wildman–Crippen LogP) is 4.15. The third-order valence-corrected chi connectivity index (χ3v) is 4.04. The smallest absolute Gasteiger partial charge is 0.345 e. The van der Waals surface area contributed by atoms with Gasteiger partial charge in [-0.3, -0.25) is 4.79 Å². The van der Waals surface area contributed by atoms with Gasteiger partial charge in [-0.05, 0) is 43.7 Å². The van der Waals surface area contributed by atoms with Crippen LogP contribution in [0.4, 0.5) is 13.2 Å². The van der Waals surface area contributed by atoms with E-state index >= 15 is 0 Å². The third-order valence-electron chi connectivity index (χ3n) is 4.04. The van der Waals surface area contributed by atoms with Gasteiger partial charge in [-0.1, -0.05) is 12.1 Å². The molecule has 0 spiro atoms. The molecule has 2 aromatic heterocycles. The van der Waals surface area contributed by atoms with E-state index in [1.165, 1.54) is 6.07 Å². The van der Waals surface area contributed by atoms with Crippen molar-refractivity contribution < 1.29 is 18.0 Å². The van der Waals surface area contributed by atoms with E-state index in [0.29, 0.717) is 11.1 Å². The minimum atomic E-state index is -4.41. The molecule has 0 radical (unpaired) electrons. The Kier molecular flexibility index (Phi) is 4.24. The molecule has 1 aromatic carbocycles. The van der Waals surface area contributed by atoms with E-state index in [1.807, 2.05) is 6.92 Å². The SMILES string of the molecule is Cc1ncc2ccc(C(=O)NC(C)c3cccc(C(F)(F)F)c3)cn12. The van der Waals surface area contributed by atoms with Gasteiger partial charge in [0.25, 0.3) is 5.91 Å². The van der Waals surface area contributed by atoms with Crippen molar-refractivity contribution in [3.63, 3.8) is 0 Å². The standard InChI is InChI=1S/C18H16F3N3O/c1-11(13-4-3-5-15(8-13)18(19,20)21)23-17(25)14-6-7-16-9-22-12(2)24(16)10-14/h3-11H,1-2H3,(H,23,25). The first-order chi connectivity index (χ1) is 11.8. The van der Waals surface area contributed by atoms with Gasteiger partial charge in [-0.15, -0.1) is 0 Å². The predicted molar refractivity (Wildman–Crippen MR) is 87.3 cm³/mol. The van der Waals surface area contributed by atoms with Crippen molar-refractivity contribution in [2.45, 2.75) is 26.1 Å². The van der Waals surface area contributed by atoms with Crippen LogP contribution in [0.1, 0.15) is 40.3 Å². The van der Waals surface area contributed by atoms with Crippen LogP contribution in [-0.4, -0.2) is 15.3 Å². The van der Waals surface area contributed by atoms with E-state index in [2.05, 4.69) is 10.3 Å². The van der Waals surface area contributed by atoms with Gasteiger partial charge in [0.2, 0.25) is 0 Å². The van der Waals surface area contributed by atoms with Gasteiger partial charge < -0.3 is 9.72 Å². The first-order valence-corrected chi connectivity index (χ1v) is 7.67. The molecule has 0 bridgehead atoms. The summed E-state index contributed by atoms with van der Waals surface area (Å²) in [4.78, 5) is 16.6. The fourth-order valence-corrected chi connectivity index (χ4v) is 2.60. The highest BCUT2D eigenvalue weighted by molar-refractivity contribution is 5.94. The fraction of sp³-hybridized carbons (Fsp3) is 0.222. The lowest BCUT2D eigenvalue weighted by molar-refractivity contribution is -0.137. The van der Waals surface area contributed by atoms with E-state index < -0.39 is 17.8 Å². The number of halogens is 3. The van der Waals surface area contributed by atoms with Crippen LogP contribution in [0.5, 0.6) is 0 Å². The summed E-state index contributed by atoms with van der Waals surface area (Å²) in [6.07, 6.45) is -1.06. The fourth-order valence-electron chi connectivity index (χ4n) is 2.60. The van der Waals surface area contributed by atoms with Crippen LogP contribution in [0.25, 0.3) is 5.52 Å². The number of hydrogen-bond acceptors (Lipinski definition) is 2. The molecule has 130 valence electrons. The van der Waals surface area contributed by atoms with Crippen LogP contribution in [-0.2, 0) is 6.18 Å². The van der Waals surface area contributed by atoms with Crippen LogP contribution < -0.4 is 5.32 Å². The lowest BCUT2D eigenvalue weighted by Gasteiger charge is -2.16. The zero-order chi connectivity index (χ0) is 18.2. The molecule has 0 aliphatic heterocycles. The van der Waals surface area contributed by atoms with E-state index in [-0.39, 0.29) is 5.91 Å². The number of nitrogens with zero attached hydrogens (tertiary/aromatic N) is 2. The number of benzene rings is 1. The molecule has 1 N–H and O–H groups in total. The minimum absolute atomic E-state index is 0.361. The molecular weight excluding hydrogens is 331 g/mol. The molecule has 25 heavy (non-hydrogen) atoms. The summed E-state index contributed by atoms with van der Waals surface area (Å²) < 4.78 is 40.2. The third kappa shape index (κ3) is 3.50. The maximum atomic E-state index is 12.8. The Hall–Kier alpha value is -2.83. The number of imidazole rings is 1. The number of alkyl halides is 3. The number of nitrogens with one attached hydrogen (secondary N) is 1.